The van der Waals surface area contributed by atoms with Gasteiger partial charge in [0.25, 0.3) is 0 Å². The second-order valence-electron chi connectivity index (χ2n) is 2.69. The van der Waals surface area contributed by atoms with Crippen molar-refractivity contribution in [3.8, 4) is 0 Å². The lowest BCUT2D eigenvalue weighted by Crippen LogP contribution is -2.44. The third-order valence-corrected chi connectivity index (χ3v) is 2.05. The van der Waals surface area contributed by atoms with Gasteiger partial charge < -0.3 is 5.32 Å². The first-order valence-corrected chi connectivity index (χ1v) is 3.20. The van der Waals surface area contributed by atoms with Crippen LogP contribution in [0.15, 0.2) is 0 Å². The molecule has 1 atom stereocenters. The fourth-order valence-electron chi connectivity index (χ4n) is 1.21. The van der Waals surface area contributed by atoms with Crippen molar-refractivity contribution in [2.75, 3.05) is 6.54 Å². The van der Waals surface area contributed by atoms with E-state index in [2.05, 4.69) is 5.32 Å². The number of rotatable bonds is 1. The van der Waals surface area contributed by atoms with E-state index in [1.807, 2.05) is 0 Å². The summed E-state index contributed by atoms with van der Waals surface area (Å²) < 4.78 is 0. The summed E-state index contributed by atoms with van der Waals surface area (Å²) >= 11 is 0. The molecule has 0 bridgehead atoms. The lowest BCUT2D eigenvalue weighted by atomic mass is 10.0. The van der Waals surface area contributed by atoms with E-state index in [9.17, 15) is 0 Å². The van der Waals surface area contributed by atoms with Gasteiger partial charge in [-0.15, -0.1) is 0 Å². The molecule has 0 aromatic carbocycles. The van der Waals surface area contributed by atoms with Gasteiger partial charge in [0, 0.05) is 6.04 Å². The van der Waals surface area contributed by atoms with Gasteiger partial charge in [-0.25, -0.2) is 0 Å². The van der Waals surface area contributed by atoms with Crippen LogP contribution in [0.1, 0.15) is 19.3 Å². The summed E-state index contributed by atoms with van der Waals surface area (Å²) in [5.41, 5.74) is 0. The zero-order valence-corrected chi connectivity index (χ0v) is 4.48. The largest absolute Gasteiger partial charge is 0.314 e. The summed E-state index contributed by atoms with van der Waals surface area (Å²) in [6, 6.07) is 0.944. The average Bonchev–Trinajstić information content (AvgIpc) is 2.10. The molecule has 1 aliphatic heterocycles. The van der Waals surface area contributed by atoms with Crippen molar-refractivity contribution < 1.29 is 0 Å². The highest BCUT2D eigenvalue weighted by atomic mass is 15.0. The Balaban J connectivity index is 1.83. The Morgan fingerprint density at radius 2 is 1.86 bits per heavy atom. The molecule has 2 fully saturated rings. The Morgan fingerprint density at radius 1 is 1.14 bits per heavy atom. The summed E-state index contributed by atoms with van der Waals surface area (Å²) in [7, 11) is 0. The van der Waals surface area contributed by atoms with Crippen LogP contribution >= 0.6 is 0 Å². The van der Waals surface area contributed by atoms with Crippen molar-refractivity contribution in [2.24, 2.45) is 5.92 Å². The van der Waals surface area contributed by atoms with E-state index in [1.165, 1.54) is 25.8 Å². The normalized spacial score (nSPS) is 40.3. The third kappa shape index (κ3) is 0.556. The van der Waals surface area contributed by atoms with Crippen LogP contribution in [-0.2, 0) is 0 Å². The average molecular weight is 97.2 g/mol. The van der Waals surface area contributed by atoms with Gasteiger partial charge in [0.15, 0.2) is 0 Å². The maximum atomic E-state index is 3.41. The van der Waals surface area contributed by atoms with Gasteiger partial charge in [-0.3, -0.25) is 0 Å². The van der Waals surface area contributed by atoms with E-state index in [0.29, 0.717) is 0 Å². The summed E-state index contributed by atoms with van der Waals surface area (Å²) in [5.74, 6) is 1.09. The first-order valence-electron chi connectivity index (χ1n) is 3.20. The van der Waals surface area contributed by atoms with Crippen molar-refractivity contribution in [3.05, 3.63) is 0 Å². The zero-order chi connectivity index (χ0) is 4.69. The minimum Gasteiger partial charge on any atom is -0.314 e. The topological polar surface area (TPSA) is 12.0 Å². The van der Waals surface area contributed by atoms with Crippen LogP contribution < -0.4 is 5.32 Å². The number of hydrogen-bond donors (Lipinski definition) is 1. The molecule has 2 aliphatic rings. The fraction of sp³-hybridized carbons (Fsp3) is 1.00. The fourth-order valence-corrected chi connectivity index (χ4v) is 1.21. The van der Waals surface area contributed by atoms with Crippen LogP contribution in [0.25, 0.3) is 0 Å². The standard InChI is InChI=1S/C6H11N/c1-2-5(1)6-3-4-7-6/h5-7H,1-4H2/t6-/m0/s1. The van der Waals surface area contributed by atoms with E-state index in [4.69, 9.17) is 0 Å². The molecule has 1 saturated carbocycles. The molecule has 1 aliphatic carbocycles. The lowest BCUT2D eigenvalue weighted by Gasteiger charge is -2.27. The van der Waals surface area contributed by atoms with Crippen molar-refractivity contribution in [1.82, 2.24) is 5.32 Å². The highest BCUT2D eigenvalue weighted by molar-refractivity contribution is 4.91. The molecular weight excluding hydrogens is 86.1 g/mol. The quantitative estimate of drug-likeness (QED) is 0.509. The summed E-state index contributed by atoms with van der Waals surface area (Å²) in [6.45, 7) is 1.28. The Morgan fingerprint density at radius 3 is 2.00 bits per heavy atom. The Bertz CT molecular complexity index is 72.2. The van der Waals surface area contributed by atoms with Crippen LogP contribution in [-0.4, -0.2) is 12.6 Å². The molecule has 0 radical (unpaired) electrons. The molecule has 1 heterocycles. The van der Waals surface area contributed by atoms with Crippen molar-refractivity contribution in [2.45, 2.75) is 25.3 Å². The summed E-state index contributed by atoms with van der Waals surface area (Å²) in [5, 5.41) is 3.41. The monoisotopic (exact) mass is 97.1 g/mol. The zero-order valence-electron chi connectivity index (χ0n) is 4.48. The van der Waals surface area contributed by atoms with Crippen LogP contribution in [0.5, 0.6) is 0 Å². The van der Waals surface area contributed by atoms with Crippen molar-refractivity contribution in [3.63, 3.8) is 0 Å². The lowest BCUT2D eigenvalue weighted by molar-refractivity contribution is 0.334. The van der Waals surface area contributed by atoms with Gasteiger partial charge in [0.2, 0.25) is 0 Å². The molecule has 0 amide bonds. The maximum Gasteiger partial charge on any atom is 0.0107 e. The predicted octanol–water partition coefficient (Wildman–Crippen LogP) is 0.758. The van der Waals surface area contributed by atoms with Crippen molar-refractivity contribution in [1.29, 1.82) is 0 Å². The minimum absolute atomic E-state index is 0.944. The summed E-state index contributed by atoms with van der Waals surface area (Å²) in [4.78, 5) is 0. The highest BCUT2D eigenvalue weighted by Gasteiger charge is 2.34. The van der Waals surface area contributed by atoms with Gasteiger partial charge in [-0.2, -0.15) is 0 Å². The van der Waals surface area contributed by atoms with Gasteiger partial charge >= 0.3 is 0 Å². The molecule has 0 unspecified atom stereocenters. The molecule has 7 heavy (non-hydrogen) atoms. The maximum absolute atomic E-state index is 3.41. The van der Waals surface area contributed by atoms with Crippen LogP contribution in [0.2, 0.25) is 0 Å². The van der Waals surface area contributed by atoms with E-state index in [-0.39, 0.29) is 0 Å². The van der Waals surface area contributed by atoms with E-state index >= 15 is 0 Å². The molecule has 40 valence electrons. The number of hydrogen-bond acceptors (Lipinski definition) is 1. The Hall–Kier alpha value is -0.0400. The number of nitrogens with one attached hydrogen (secondary N) is 1. The molecule has 1 heteroatoms. The molecule has 2 rings (SSSR count). The third-order valence-electron chi connectivity index (χ3n) is 2.05. The molecule has 1 nitrogen and oxygen atoms in total. The van der Waals surface area contributed by atoms with Gasteiger partial charge in [0.1, 0.15) is 0 Å². The second kappa shape index (κ2) is 1.22. The highest BCUT2D eigenvalue weighted by Crippen LogP contribution is 2.35. The molecular formula is C6H11N. The van der Waals surface area contributed by atoms with Gasteiger partial charge in [-0.05, 0) is 31.7 Å². The molecule has 0 aromatic heterocycles. The Labute approximate surface area is 44.1 Å². The van der Waals surface area contributed by atoms with E-state index in [0.717, 1.165) is 12.0 Å². The molecule has 1 N–H and O–H groups in total. The van der Waals surface area contributed by atoms with Gasteiger partial charge in [-0.1, -0.05) is 0 Å². The second-order valence-corrected chi connectivity index (χ2v) is 2.69. The van der Waals surface area contributed by atoms with Crippen LogP contribution in [0, 0.1) is 5.92 Å². The first kappa shape index (κ1) is 3.90. The molecule has 0 aromatic rings. The SMILES string of the molecule is C1C[C@@H](C2CC2)N1. The molecule has 0 spiro atoms. The summed E-state index contributed by atoms with van der Waals surface area (Å²) in [6.07, 6.45) is 4.44. The minimum atomic E-state index is 0.944. The van der Waals surface area contributed by atoms with E-state index < -0.39 is 0 Å². The Kier molecular flexibility index (Phi) is 0.680. The van der Waals surface area contributed by atoms with E-state index in [1.54, 1.807) is 0 Å². The predicted molar refractivity (Wildman–Crippen MR) is 29.1 cm³/mol. The first-order chi connectivity index (χ1) is 3.47. The van der Waals surface area contributed by atoms with Crippen LogP contribution in [0.3, 0.4) is 0 Å². The van der Waals surface area contributed by atoms with Crippen molar-refractivity contribution >= 4 is 0 Å². The molecule has 1 saturated heterocycles. The van der Waals surface area contributed by atoms with Gasteiger partial charge in [0.05, 0.1) is 0 Å². The smallest absolute Gasteiger partial charge is 0.0107 e. The van der Waals surface area contributed by atoms with Crippen LogP contribution in [0.4, 0.5) is 0 Å².